The first kappa shape index (κ1) is 24.4. The van der Waals surface area contributed by atoms with E-state index in [1.54, 1.807) is 29.1 Å². The van der Waals surface area contributed by atoms with Gasteiger partial charge in [-0.1, -0.05) is 19.9 Å². The van der Waals surface area contributed by atoms with E-state index in [4.69, 9.17) is 5.73 Å². The third kappa shape index (κ3) is 4.96. The maximum Gasteiger partial charge on any atom is 0.227 e. The van der Waals surface area contributed by atoms with Crippen molar-refractivity contribution in [3.63, 3.8) is 0 Å². The average molecular weight is 405 g/mol. The molecule has 0 aliphatic heterocycles. The molecule has 2 rings (SSSR count). The largest absolute Gasteiger partial charge is 0.352 e. The number of nitrogens with zero attached hydrogens (tertiary/aromatic N) is 2. The monoisotopic (exact) mass is 404 g/mol. The summed E-state index contributed by atoms with van der Waals surface area (Å²) in [5, 5.41) is 2.88. The molecule has 0 fully saturated rings. The first-order chi connectivity index (χ1) is 11.5. The number of carbonyl (C=O) groups excluding carboxylic acids is 1. The lowest BCUT2D eigenvalue weighted by Gasteiger charge is -2.28. The van der Waals surface area contributed by atoms with Crippen molar-refractivity contribution in [1.29, 1.82) is 0 Å². The van der Waals surface area contributed by atoms with Crippen LogP contribution in [0.1, 0.15) is 38.1 Å². The fourth-order valence-electron chi connectivity index (χ4n) is 2.81. The average Bonchev–Trinajstić information content (AvgIpc) is 3.01. The molecule has 2 aromatic rings. The van der Waals surface area contributed by atoms with Crippen LogP contribution in [0.25, 0.3) is 5.69 Å². The zero-order chi connectivity index (χ0) is 17.7. The number of carbonyl (C=O) groups is 1. The minimum atomic E-state index is -0.549. The highest BCUT2D eigenvalue weighted by Crippen LogP contribution is 2.25. The lowest BCUT2D eigenvalue weighted by molar-refractivity contribution is -0.131. The highest BCUT2D eigenvalue weighted by molar-refractivity contribution is 5.85. The third-order valence-electron chi connectivity index (χ3n) is 4.78. The Bertz CT molecular complexity index is 709. The van der Waals surface area contributed by atoms with Crippen LogP contribution < -0.4 is 11.1 Å². The Kier molecular flexibility index (Phi) is 9.84. The van der Waals surface area contributed by atoms with Gasteiger partial charge in [0.1, 0.15) is 11.6 Å². The number of hydrogen-bond donors (Lipinski definition) is 2. The third-order valence-corrected chi connectivity index (χ3v) is 4.78. The summed E-state index contributed by atoms with van der Waals surface area (Å²) in [6.07, 6.45) is 4.70. The molecular weight excluding hydrogens is 378 g/mol. The van der Waals surface area contributed by atoms with Crippen molar-refractivity contribution >= 4 is 30.7 Å². The number of nitrogens with one attached hydrogen (secondary N) is 1. The molecule has 8 heteroatoms. The summed E-state index contributed by atoms with van der Waals surface area (Å²) in [5.41, 5.74) is 6.38. The molecule has 0 unspecified atom stereocenters. The van der Waals surface area contributed by atoms with Gasteiger partial charge in [-0.2, -0.15) is 0 Å². The second kappa shape index (κ2) is 10.5. The van der Waals surface area contributed by atoms with Gasteiger partial charge in [0.25, 0.3) is 0 Å². The molecule has 146 valence electrons. The molecule has 0 spiro atoms. The number of aryl methyl sites for hydroxylation is 1. The smallest absolute Gasteiger partial charge is 0.227 e. The molecule has 0 radical (unpaired) electrons. The van der Waals surface area contributed by atoms with Gasteiger partial charge in [-0.15, -0.1) is 24.8 Å². The first-order valence-corrected chi connectivity index (χ1v) is 8.24. The quantitative estimate of drug-likeness (QED) is 0.740. The molecule has 1 aromatic carbocycles. The maximum absolute atomic E-state index is 14.4. The molecule has 3 N–H and O–H groups in total. The molecule has 1 aromatic heterocycles. The summed E-state index contributed by atoms with van der Waals surface area (Å²) < 4.78 is 16.1. The second-order valence-electron chi connectivity index (χ2n) is 6.00. The van der Waals surface area contributed by atoms with Crippen LogP contribution >= 0.6 is 24.8 Å². The predicted octanol–water partition coefficient (Wildman–Crippen LogP) is 3.54. The number of halogens is 3. The van der Waals surface area contributed by atoms with E-state index in [9.17, 15) is 9.18 Å². The molecule has 5 nitrogen and oxygen atoms in total. The van der Waals surface area contributed by atoms with Gasteiger partial charge in [0.15, 0.2) is 0 Å². The lowest BCUT2D eigenvalue weighted by atomic mass is 9.81. The van der Waals surface area contributed by atoms with Crippen LogP contribution in [0.4, 0.5) is 4.39 Å². The zero-order valence-corrected chi connectivity index (χ0v) is 16.9. The minimum absolute atomic E-state index is 0. The van der Waals surface area contributed by atoms with Crippen molar-refractivity contribution < 1.29 is 9.18 Å². The Morgan fingerprint density at radius 3 is 2.42 bits per heavy atom. The highest BCUT2D eigenvalue weighted by Gasteiger charge is 2.32. The number of hydrogen-bond acceptors (Lipinski definition) is 3. The van der Waals surface area contributed by atoms with E-state index < -0.39 is 5.41 Å². The fourth-order valence-corrected chi connectivity index (χ4v) is 2.81. The van der Waals surface area contributed by atoms with Gasteiger partial charge in [-0.05, 0) is 37.5 Å². The van der Waals surface area contributed by atoms with Gasteiger partial charge in [0, 0.05) is 25.5 Å². The number of amides is 1. The molecule has 0 aliphatic carbocycles. The number of rotatable bonds is 7. The van der Waals surface area contributed by atoms with Crippen LogP contribution in [0.2, 0.25) is 0 Å². The van der Waals surface area contributed by atoms with E-state index in [2.05, 4.69) is 10.3 Å². The summed E-state index contributed by atoms with van der Waals surface area (Å²) >= 11 is 0. The second-order valence-corrected chi connectivity index (χ2v) is 6.00. The van der Waals surface area contributed by atoms with E-state index in [1.165, 1.54) is 6.07 Å². The van der Waals surface area contributed by atoms with Crippen LogP contribution in [0.5, 0.6) is 0 Å². The predicted molar refractivity (Wildman–Crippen MR) is 107 cm³/mol. The normalized spacial score (nSPS) is 10.7. The van der Waals surface area contributed by atoms with Crippen LogP contribution in [0, 0.1) is 18.2 Å². The van der Waals surface area contributed by atoms with Gasteiger partial charge in [0.05, 0.1) is 11.1 Å². The minimum Gasteiger partial charge on any atom is -0.352 e. The SMILES string of the molecule is CCC(CC)(CN)C(=O)NCc1ccc(-n2ccnc2C)c(F)c1.Cl.Cl. The van der Waals surface area contributed by atoms with Gasteiger partial charge in [0.2, 0.25) is 5.91 Å². The summed E-state index contributed by atoms with van der Waals surface area (Å²) in [6, 6.07) is 4.94. The van der Waals surface area contributed by atoms with Crippen molar-refractivity contribution in [2.24, 2.45) is 11.1 Å². The van der Waals surface area contributed by atoms with E-state index in [0.717, 1.165) is 0 Å². The Labute approximate surface area is 166 Å². The number of imidazole rings is 1. The van der Waals surface area contributed by atoms with E-state index in [0.29, 0.717) is 36.5 Å². The van der Waals surface area contributed by atoms with Crippen molar-refractivity contribution in [3.8, 4) is 5.69 Å². The van der Waals surface area contributed by atoms with E-state index in [1.807, 2.05) is 20.8 Å². The number of nitrogens with two attached hydrogens (primary N) is 1. The lowest BCUT2D eigenvalue weighted by Crippen LogP contribution is -2.45. The van der Waals surface area contributed by atoms with Gasteiger partial charge >= 0.3 is 0 Å². The van der Waals surface area contributed by atoms with Crippen molar-refractivity contribution in [2.75, 3.05) is 6.54 Å². The summed E-state index contributed by atoms with van der Waals surface area (Å²) in [7, 11) is 0. The van der Waals surface area contributed by atoms with Crippen LogP contribution in [0.3, 0.4) is 0 Å². The standard InChI is InChI=1S/C18H25FN4O.2ClH/c1-4-18(5-2,12-20)17(24)22-11-14-6-7-16(15(19)10-14)23-9-8-21-13(23)3;;/h6-10H,4-5,11-12,20H2,1-3H3,(H,22,24);2*1H. The molecule has 26 heavy (non-hydrogen) atoms. The first-order valence-electron chi connectivity index (χ1n) is 8.24. The summed E-state index contributed by atoms with van der Waals surface area (Å²) in [6.45, 7) is 6.31. The van der Waals surface area contributed by atoms with Crippen molar-refractivity contribution in [1.82, 2.24) is 14.9 Å². The molecule has 0 atom stereocenters. The zero-order valence-electron chi connectivity index (χ0n) is 15.3. The molecule has 0 saturated carbocycles. The fraction of sp³-hybridized carbons (Fsp3) is 0.444. The van der Waals surface area contributed by atoms with Gasteiger partial charge in [-0.25, -0.2) is 9.37 Å². The van der Waals surface area contributed by atoms with Gasteiger partial charge in [-0.3, -0.25) is 4.79 Å². The van der Waals surface area contributed by atoms with E-state index >= 15 is 0 Å². The summed E-state index contributed by atoms with van der Waals surface area (Å²) in [5.74, 6) is 0.289. The van der Waals surface area contributed by atoms with Crippen molar-refractivity contribution in [3.05, 3.63) is 47.8 Å². The van der Waals surface area contributed by atoms with E-state index in [-0.39, 0.29) is 43.1 Å². The molecule has 0 aliphatic rings. The summed E-state index contributed by atoms with van der Waals surface area (Å²) in [4.78, 5) is 16.5. The highest BCUT2D eigenvalue weighted by atomic mass is 35.5. The van der Waals surface area contributed by atoms with Crippen molar-refractivity contribution in [2.45, 2.75) is 40.2 Å². The Morgan fingerprint density at radius 1 is 1.31 bits per heavy atom. The Morgan fingerprint density at radius 2 is 1.96 bits per heavy atom. The molecule has 0 saturated heterocycles. The van der Waals surface area contributed by atoms with Gasteiger partial charge < -0.3 is 15.6 Å². The Balaban J connectivity index is 0.00000312. The number of aromatic nitrogens is 2. The molecular formula is C18H27Cl2FN4O. The molecule has 0 bridgehead atoms. The van der Waals surface area contributed by atoms with Crippen LogP contribution in [0.15, 0.2) is 30.6 Å². The molecule has 1 amide bonds. The number of benzene rings is 1. The maximum atomic E-state index is 14.4. The Hall–Kier alpha value is -1.63. The topological polar surface area (TPSA) is 72.9 Å². The van der Waals surface area contributed by atoms with Crippen LogP contribution in [-0.2, 0) is 11.3 Å². The molecule has 1 heterocycles. The van der Waals surface area contributed by atoms with Crippen LogP contribution in [-0.4, -0.2) is 22.0 Å².